The number of anilines is 2. The van der Waals surface area contributed by atoms with Crippen LogP contribution in [-0.2, 0) is 59.4 Å². The summed E-state index contributed by atoms with van der Waals surface area (Å²) in [5, 5.41) is 16.5. The number of fused-ring (bicyclic) bond motifs is 2. The van der Waals surface area contributed by atoms with Crippen molar-refractivity contribution in [1.29, 1.82) is 0 Å². The Morgan fingerprint density at radius 1 is 0.585 bits per heavy atom. The summed E-state index contributed by atoms with van der Waals surface area (Å²) < 4.78 is 11.0. The Morgan fingerprint density at radius 3 is 1.57 bits per heavy atom. The number of nitrogens with zero attached hydrogens (tertiary/aromatic N) is 3. The zero-order valence-corrected chi connectivity index (χ0v) is 49.0. The lowest BCUT2D eigenvalue weighted by Gasteiger charge is -2.37. The van der Waals surface area contributed by atoms with Crippen LogP contribution in [0.3, 0.4) is 0 Å². The average molecular weight is 1160 g/mol. The summed E-state index contributed by atoms with van der Waals surface area (Å²) in [4.78, 5) is 86.9. The monoisotopic (exact) mass is 1160 g/mol. The molecule has 436 valence electrons. The number of nitrogens with one attached hydrogen (secondary N) is 5. The van der Waals surface area contributed by atoms with E-state index in [1.165, 1.54) is 11.1 Å². The molecule has 0 aromatic heterocycles. The lowest BCUT2D eigenvalue weighted by atomic mass is 9.92. The second kappa shape index (κ2) is 30.2. The fraction of sp³-hybridized carbons (Fsp3) is 0.438. The summed E-state index contributed by atoms with van der Waals surface area (Å²) in [7, 11) is 3.49. The molecule has 82 heavy (non-hydrogen) atoms. The number of rotatable bonds is 20. The van der Waals surface area contributed by atoms with Gasteiger partial charge in [0.2, 0.25) is 29.5 Å². The van der Waals surface area contributed by atoms with Gasteiger partial charge >= 0.3 is 0 Å². The fourth-order valence-electron chi connectivity index (χ4n) is 11.1. The van der Waals surface area contributed by atoms with E-state index in [1.54, 1.807) is 73.7 Å². The zero-order valence-electron chi connectivity index (χ0n) is 47.5. The predicted molar refractivity (Wildman–Crippen MR) is 321 cm³/mol. The van der Waals surface area contributed by atoms with Crippen molar-refractivity contribution >= 4 is 69.9 Å². The Balaban J connectivity index is 0.000000224. The van der Waals surface area contributed by atoms with Gasteiger partial charge in [0, 0.05) is 113 Å². The molecule has 4 aliphatic rings. The molecule has 0 aliphatic carbocycles. The highest BCUT2D eigenvalue weighted by molar-refractivity contribution is 6.31. The maximum atomic E-state index is 14.1. The van der Waals surface area contributed by atoms with Crippen LogP contribution in [0.25, 0.3) is 0 Å². The minimum atomic E-state index is -0.840. The summed E-state index contributed by atoms with van der Waals surface area (Å²) >= 11 is 12.3. The van der Waals surface area contributed by atoms with Crippen LogP contribution in [0.1, 0.15) is 95.1 Å². The van der Waals surface area contributed by atoms with Gasteiger partial charge in [-0.05, 0) is 129 Å². The maximum Gasteiger partial charge on any atom is 0.246 e. The molecule has 16 nitrogen and oxygen atoms in total. The molecular weight excluding hydrogens is 1080 g/mol. The SMILES string of the molecule is COC1CCN(CC[C@H](NC(=O)[C@@H]2Cc3ccccc3CN2)C(=O)Nc2ccc(Cl)c(C)c2)CC1.COC1CCN(CC[C@H](NC(=O)[C@@H]2Cc3ccccc3CN2C(=O)CCC(=O)c2ccccc2)C(=O)Nc2ccc(Cl)c(C)c2)CC1. The number of hydrogen-bond acceptors (Lipinski definition) is 11. The van der Waals surface area contributed by atoms with Crippen molar-refractivity contribution in [3.63, 3.8) is 0 Å². The lowest BCUT2D eigenvalue weighted by molar-refractivity contribution is -0.142. The number of Topliss-reactive ketones (excluding diaryl/α,β-unsaturated/α-hetero) is 1. The molecule has 0 bridgehead atoms. The third-order valence-corrected chi connectivity index (χ3v) is 17.1. The number of carbonyl (C=O) groups excluding carboxylic acids is 6. The third-order valence-electron chi connectivity index (χ3n) is 16.3. The molecule has 0 saturated carbocycles. The second-order valence-corrected chi connectivity index (χ2v) is 22.7. The molecule has 4 atom stereocenters. The van der Waals surface area contributed by atoms with E-state index in [0.717, 1.165) is 80.7 Å². The van der Waals surface area contributed by atoms with Gasteiger partial charge in [0.15, 0.2) is 5.78 Å². The second-order valence-electron chi connectivity index (χ2n) is 21.9. The number of ether oxygens (including phenoxy) is 2. The minimum Gasteiger partial charge on any atom is -0.381 e. The zero-order chi connectivity index (χ0) is 58.1. The molecule has 5 amide bonds. The van der Waals surface area contributed by atoms with E-state index >= 15 is 0 Å². The van der Waals surface area contributed by atoms with Gasteiger partial charge in [-0.2, -0.15) is 0 Å². The van der Waals surface area contributed by atoms with Gasteiger partial charge in [-0.1, -0.05) is 102 Å². The number of hydrogen-bond donors (Lipinski definition) is 5. The van der Waals surface area contributed by atoms with Crippen molar-refractivity contribution in [2.75, 3.05) is 64.1 Å². The van der Waals surface area contributed by atoms with E-state index < -0.39 is 24.0 Å². The number of halogens is 2. The first kappa shape index (κ1) is 61.6. The van der Waals surface area contributed by atoms with Crippen molar-refractivity contribution in [2.24, 2.45) is 0 Å². The summed E-state index contributed by atoms with van der Waals surface area (Å²) in [5.74, 6) is -1.50. The van der Waals surface area contributed by atoms with E-state index in [-0.39, 0.29) is 60.9 Å². The van der Waals surface area contributed by atoms with Gasteiger partial charge in [0.1, 0.15) is 18.1 Å². The first-order chi connectivity index (χ1) is 39.6. The molecular formula is C64H78Cl2N8O8. The molecule has 4 aliphatic heterocycles. The first-order valence-electron chi connectivity index (χ1n) is 28.6. The van der Waals surface area contributed by atoms with Gasteiger partial charge in [0.05, 0.1) is 18.2 Å². The van der Waals surface area contributed by atoms with Crippen molar-refractivity contribution in [1.82, 2.24) is 30.7 Å². The highest BCUT2D eigenvalue weighted by Crippen LogP contribution is 2.27. The highest BCUT2D eigenvalue weighted by atomic mass is 35.5. The molecule has 2 fully saturated rings. The van der Waals surface area contributed by atoms with Crippen LogP contribution in [0.5, 0.6) is 0 Å². The van der Waals surface area contributed by atoms with Crippen molar-refractivity contribution < 1.29 is 38.2 Å². The van der Waals surface area contributed by atoms with Gasteiger partial charge in [0.25, 0.3) is 0 Å². The summed E-state index contributed by atoms with van der Waals surface area (Å²) in [5.41, 5.74) is 7.85. The number of aryl methyl sites for hydroxylation is 2. The number of benzene rings is 5. The quantitative estimate of drug-likeness (QED) is 0.0470. The largest absolute Gasteiger partial charge is 0.381 e. The van der Waals surface area contributed by atoms with Crippen LogP contribution in [0, 0.1) is 13.8 Å². The lowest BCUT2D eigenvalue weighted by Crippen LogP contribution is -2.56. The topological polar surface area (TPSA) is 191 Å². The van der Waals surface area contributed by atoms with Gasteiger partial charge < -0.3 is 50.8 Å². The highest BCUT2D eigenvalue weighted by Gasteiger charge is 2.37. The molecule has 18 heteroatoms. The Kier molecular flexibility index (Phi) is 22.7. The number of carbonyl (C=O) groups is 6. The maximum absolute atomic E-state index is 14.1. The smallest absolute Gasteiger partial charge is 0.246 e. The van der Waals surface area contributed by atoms with Crippen molar-refractivity contribution in [2.45, 2.75) is 128 Å². The minimum absolute atomic E-state index is 0.0169. The molecule has 5 N–H and O–H groups in total. The van der Waals surface area contributed by atoms with Gasteiger partial charge in [-0.25, -0.2) is 0 Å². The predicted octanol–water partition coefficient (Wildman–Crippen LogP) is 8.48. The summed E-state index contributed by atoms with van der Waals surface area (Å²) in [6.45, 7) is 9.55. The van der Waals surface area contributed by atoms with Crippen LogP contribution < -0.4 is 26.6 Å². The van der Waals surface area contributed by atoms with Crippen LogP contribution >= 0.6 is 23.2 Å². The number of amides is 5. The van der Waals surface area contributed by atoms with Gasteiger partial charge in [-0.15, -0.1) is 0 Å². The van der Waals surface area contributed by atoms with E-state index in [4.69, 9.17) is 32.7 Å². The van der Waals surface area contributed by atoms with E-state index in [1.807, 2.05) is 62.4 Å². The first-order valence-corrected chi connectivity index (χ1v) is 29.4. The molecule has 0 spiro atoms. The Bertz CT molecular complexity index is 3000. The van der Waals surface area contributed by atoms with Crippen molar-refractivity contribution in [3.8, 4) is 0 Å². The number of likely N-dealkylation sites (tertiary alicyclic amines) is 2. The van der Waals surface area contributed by atoms with Crippen molar-refractivity contribution in [3.05, 3.63) is 164 Å². The molecule has 4 heterocycles. The fourth-order valence-corrected chi connectivity index (χ4v) is 11.4. The molecule has 0 unspecified atom stereocenters. The molecule has 0 radical (unpaired) electrons. The van der Waals surface area contributed by atoms with E-state index in [2.05, 4.69) is 48.5 Å². The molecule has 2 saturated heterocycles. The average Bonchev–Trinajstić information content (AvgIpc) is 3.70. The van der Waals surface area contributed by atoms with Crippen LogP contribution in [-0.4, -0.2) is 140 Å². The summed E-state index contributed by atoms with van der Waals surface area (Å²) in [6.07, 6.45) is 6.20. The Hall–Kier alpha value is -6.50. The van der Waals surface area contributed by atoms with E-state index in [0.29, 0.717) is 71.9 Å². The third kappa shape index (κ3) is 17.3. The van der Waals surface area contributed by atoms with E-state index in [9.17, 15) is 28.8 Å². The van der Waals surface area contributed by atoms with Crippen LogP contribution in [0.4, 0.5) is 11.4 Å². The Morgan fingerprint density at radius 2 is 1.06 bits per heavy atom. The Labute approximate surface area is 492 Å². The number of methoxy groups -OCH3 is 2. The molecule has 5 aromatic rings. The number of ketones is 1. The molecule has 9 rings (SSSR count). The molecule has 5 aromatic carbocycles. The summed E-state index contributed by atoms with van der Waals surface area (Å²) in [6, 6.07) is 32.8. The number of piperidine rings is 2. The normalized spacial score (nSPS) is 18.3. The standard InChI is InChI=1S/C37H43ClN4O5.C27H35ClN4O3/c1-25-22-29(12-13-31(25)38)39-36(45)32(18-21-41-19-16-30(47-2)17-20-41)40-37(46)33-23-27-10-6-7-11-28(27)24-42(33)35(44)15-14-34(43)26-8-4-3-5-9-26;1-18-15-21(7-8-23(18)28)30-26(33)24(11-14-32-12-9-22(35-2)10-13-32)31-27(34)25-16-19-5-3-4-6-20(19)17-29-25/h3-13,22,30,32-33H,14-21,23-24H2,1-2H3,(H,39,45)(H,40,46);3-8,15,22,24-25,29H,9-14,16-17H2,1-2H3,(H,30,33)(H,31,34)/t32-,33-;24-,25-/m00/s1. The van der Waals surface area contributed by atoms with Gasteiger partial charge in [-0.3, -0.25) is 28.8 Å². The van der Waals surface area contributed by atoms with Crippen LogP contribution in [0.2, 0.25) is 10.0 Å². The van der Waals surface area contributed by atoms with Crippen LogP contribution in [0.15, 0.2) is 115 Å².